The average Bonchev–Trinajstić information content (AvgIpc) is 3.11. The van der Waals surface area contributed by atoms with Crippen molar-refractivity contribution in [3.8, 4) is 11.5 Å². The molecule has 1 heterocycles. The Hall–Kier alpha value is -3.42. The fraction of sp³-hybridized carbons (Fsp3) is 0.148. The van der Waals surface area contributed by atoms with Gasteiger partial charge in [-0.05, 0) is 36.2 Å². The predicted molar refractivity (Wildman–Crippen MR) is 140 cm³/mol. The monoisotopic (exact) mass is 489 g/mol. The van der Waals surface area contributed by atoms with Gasteiger partial charge in [-0.3, -0.25) is 14.5 Å². The van der Waals surface area contributed by atoms with Gasteiger partial charge in [0.05, 0.1) is 16.2 Å². The second-order valence-electron chi connectivity index (χ2n) is 7.77. The summed E-state index contributed by atoms with van der Waals surface area (Å²) < 4.78 is 6.49. The minimum Gasteiger partial charge on any atom is -0.507 e. The van der Waals surface area contributed by atoms with Crippen molar-refractivity contribution in [3.05, 3.63) is 100 Å². The Morgan fingerprint density at radius 1 is 1.09 bits per heavy atom. The predicted octanol–water partition coefficient (Wildman–Crippen LogP) is 6.03. The molecular formula is C27H23NO4S2. The number of anilines is 1. The topological polar surface area (TPSA) is 66.8 Å². The van der Waals surface area contributed by atoms with Crippen LogP contribution < -0.4 is 9.64 Å². The van der Waals surface area contributed by atoms with Crippen LogP contribution in [-0.4, -0.2) is 21.1 Å². The number of carbonyl (C=O) groups excluding carboxylic acids is 2. The van der Waals surface area contributed by atoms with Gasteiger partial charge < -0.3 is 9.84 Å². The van der Waals surface area contributed by atoms with E-state index in [0.717, 1.165) is 12.0 Å². The van der Waals surface area contributed by atoms with E-state index in [-0.39, 0.29) is 29.6 Å². The molecular weight excluding hydrogens is 466 g/mol. The molecule has 0 radical (unpaired) electrons. The molecule has 4 rings (SSSR count). The number of rotatable bonds is 8. The van der Waals surface area contributed by atoms with E-state index in [9.17, 15) is 14.7 Å². The summed E-state index contributed by atoms with van der Waals surface area (Å²) in [5.74, 6) is 0.0654. The fourth-order valence-corrected chi connectivity index (χ4v) is 4.86. The van der Waals surface area contributed by atoms with Crippen molar-refractivity contribution in [3.63, 3.8) is 0 Å². The molecule has 1 aliphatic heterocycles. The lowest BCUT2D eigenvalue weighted by atomic mass is 9.97. The molecule has 5 nitrogen and oxygen atoms in total. The lowest BCUT2D eigenvalue weighted by Crippen LogP contribution is -2.27. The molecule has 0 atom stereocenters. The Morgan fingerprint density at radius 2 is 1.79 bits per heavy atom. The van der Waals surface area contributed by atoms with Crippen LogP contribution in [0.1, 0.15) is 40.4 Å². The second-order valence-corrected chi connectivity index (χ2v) is 9.50. The zero-order valence-corrected chi connectivity index (χ0v) is 20.2. The van der Waals surface area contributed by atoms with Gasteiger partial charge in [-0.25, -0.2) is 0 Å². The molecule has 1 aliphatic rings. The third-order valence-electron chi connectivity index (χ3n) is 5.44. The smallest absolute Gasteiger partial charge is 0.270 e. The van der Waals surface area contributed by atoms with Crippen molar-refractivity contribution in [1.29, 1.82) is 0 Å². The van der Waals surface area contributed by atoms with Crippen LogP contribution in [0.15, 0.2) is 78.2 Å². The SMILES string of the molecule is C=C1SC(=S)N(c2ccc(COc3ccc(C(=O)c4ccccc4)c(O)c3CCC)cc2)C1=O. The number of carbonyl (C=O) groups is 2. The van der Waals surface area contributed by atoms with E-state index >= 15 is 0 Å². The number of ketones is 1. The molecule has 0 unspecified atom stereocenters. The van der Waals surface area contributed by atoms with Crippen molar-refractivity contribution >= 4 is 45.7 Å². The number of benzene rings is 3. The zero-order valence-electron chi connectivity index (χ0n) is 18.6. The minimum atomic E-state index is -0.229. The number of amides is 1. The molecule has 0 bridgehead atoms. The summed E-state index contributed by atoms with van der Waals surface area (Å²) in [5, 5.41) is 10.9. The Bertz CT molecular complexity index is 1270. The number of hydrogen-bond donors (Lipinski definition) is 1. The number of aromatic hydroxyl groups is 1. The lowest BCUT2D eigenvalue weighted by Gasteiger charge is -2.17. The normalized spacial score (nSPS) is 13.4. The number of phenolic OH excluding ortho intramolecular Hbond substituents is 1. The highest BCUT2D eigenvalue weighted by Gasteiger charge is 2.31. The second kappa shape index (κ2) is 10.2. The average molecular weight is 490 g/mol. The third-order valence-corrected chi connectivity index (χ3v) is 6.65. The first-order valence-corrected chi connectivity index (χ1v) is 12.0. The van der Waals surface area contributed by atoms with Crippen molar-refractivity contribution in [2.75, 3.05) is 4.90 Å². The summed E-state index contributed by atoms with van der Waals surface area (Å²) in [7, 11) is 0. The van der Waals surface area contributed by atoms with Gasteiger partial charge in [0.1, 0.15) is 18.1 Å². The van der Waals surface area contributed by atoms with Gasteiger partial charge >= 0.3 is 0 Å². The summed E-state index contributed by atoms with van der Waals surface area (Å²) in [5.41, 5.74) is 2.96. The molecule has 3 aromatic rings. The maximum Gasteiger partial charge on any atom is 0.270 e. The number of thiocarbonyl (C=S) groups is 1. The van der Waals surface area contributed by atoms with Crippen LogP contribution in [0.3, 0.4) is 0 Å². The lowest BCUT2D eigenvalue weighted by molar-refractivity contribution is -0.113. The fourth-order valence-electron chi connectivity index (χ4n) is 3.70. The standard InChI is InChI=1S/C27H23NO4S2/c1-3-7-21-23(15-14-22(25(21)30)24(29)19-8-5-4-6-9-19)32-16-18-10-12-20(13-11-18)28-26(31)17(2)34-27(28)33/h4-6,8-15,30H,2-3,7,16H2,1H3. The van der Waals surface area contributed by atoms with Gasteiger partial charge in [0.2, 0.25) is 0 Å². The number of ether oxygens (including phenoxy) is 1. The Kier molecular flexibility index (Phi) is 7.14. The highest BCUT2D eigenvalue weighted by Crippen LogP contribution is 2.35. The molecule has 0 saturated carbocycles. The minimum absolute atomic E-state index is 0.0395. The van der Waals surface area contributed by atoms with Crippen LogP contribution in [-0.2, 0) is 17.8 Å². The van der Waals surface area contributed by atoms with E-state index in [1.165, 1.54) is 16.7 Å². The van der Waals surface area contributed by atoms with E-state index in [1.54, 1.807) is 36.4 Å². The molecule has 1 fully saturated rings. The van der Waals surface area contributed by atoms with Gasteiger partial charge in [0.25, 0.3) is 5.91 Å². The van der Waals surface area contributed by atoms with Crippen LogP contribution in [0.2, 0.25) is 0 Å². The summed E-state index contributed by atoms with van der Waals surface area (Å²) in [6.45, 7) is 6.00. The largest absolute Gasteiger partial charge is 0.507 e. The maximum absolute atomic E-state index is 12.9. The van der Waals surface area contributed by atoms with Crippen molar-refractivity contribution in [1.82, 2.24) is 0 Å². The molecule has 0 spiro atoms. The molecule has 1 N–H and O–H groups in total. The maximum atomic E-state index is 12.9. The van der Waals surface area contributed by atoms with Gasteiger partial charge in [0.15, 0.2) is 10.1 Å². The number of hydrogen-bond acceptors (Lipinski definition) is 6. The Labute approximate surface area is 208 Å². The Morgan fingerprint density at radius 3 is 2.41 bits per heavy atom. The first kappa shape index (κ1) is 23.7. The van der Waals surface area contributed by atoms with Gasteiger partial charge in [-0.2, -0.15) is 0 Å². The molecule has 7 heteroatoms. The summed E-state index contributed by atoms with van der Waals surface area (Å²) >= 11 is 6.46. The summed E-state index contributed by atoms with van der Waals surface area (Å²) in [6.07, 6.45) is 1.36. The van der Waals surface area contributed by atoms with Gasteiger partial charge in [-0.1, -0.05) is 86.4 Å². The van der Waals surface area contributed by atoms with Crippen LogP contribution in [0.25, 0.3) is 0 Å². The van der Waals surface area contributed by atoms with Gasteiger partial charge in [-0.15, -0.1) is 0 Å². The van der Waals surface area contributed by atoms with Crippen molar-refractivity contribution in [2.45, 2.75) is 26.4 Å². The number of phenols is 1. The van der Waals surface area contributed by atoms with E-state index in [1.807, 2.05) is 37.3 Å². The number of nitrogens with zero attached hydrogens (tertiary/aromatic N) is 1. The highest BCUT2D eigenvalue weighted by atomic mass is 32.2. The van der Waals surface area contributed by atoms with E-state index in [0.29, 0.717) is 38.2 Å². The molecule has 3 aromatic carbocycles. The first-order valence-electron chi connectivity index (χ1n) is 10.8. The molecule has 172 valence electrons. The van der Waals surface area contributed by atoms with E-state index in [4.69, 9.17) is 17.0 Å². The zero-order chi connectivity index (χ0) is 24.2. The summed E-state index contributed by atoms with van der Waals surface area (Å²) in [4.78, 5) is 27.0. The third kappa shape index (κ3) is 4.76. The van der Waals surface area contributed by atoms with Crippen LogP contribution in [0.4, 0.5) is 5.69 Å². The molecule has 0 aliphatic carbocycles. The highest BCUT2D eigenvalue weighted by molar-refractivity contribution is 8.27. The first-order chi connectivity index (χ1) is 16.4. The van der Waals surface area contributed by atoms with Crippen molar-refractivity contribution in [2.24, 2.45) is 0 Å². The van der Waals surface area contributed by atoms with Crippen LogP contribution in [0.5, 0.6) is 11.5 Å². The molecule has 1 saturated heterocycles. The van der Waals surface area contributed by atoms with Crippen LogP contribution >= 0.6 is 24.0 Å². The Balaban J connectivity index is 1.52. The molecule has 1 amide bonds. The van der Waals surface area contributed by atoms with Crippen LogP contribution in [0, 0.1) is 0 Å². The summed E-state index contributed by atoms with van der Waals surface area (Å²) in [6, 6.07) is 19.6. The van der Waals surface area contributed by atoms with E-state index in [2.05, 4.69) is 6.58 Å². The molecule has 34 heavy (non-hydrogen) atoms. The van der Waals surface area contributed by atoms with Crippen molar-refractivity contribution < 1.29 is 19.4 Å². The quantitative estimate of drug-likeness (QED) is 0.237. The number of thioether (sulfide) groups is 1. The van der Waals surface area contributed by atoms with Gasteiger partial charge in [0, 0.05) is 11.1 Å². The molecule has 0 aromatic heterocycles. The van der Waals surface area contributed by atoms with E-state index < -0.39 is 0 Å².